The summed E-state index contributed by atoms with van der Waals surface area (Å²) in [6, 6.07) is 9.11. The second-order valence-corrected chi connectivity index (χ2v) is 6.03. The molecule has 1 saturated carbocycles. The van der Waals surface area contributed by atoms with Crippen molar-refractivity contribution >= 4 is 21.6 Å². The Morgan fingerprint density at radius 3 is 2.69 bits per heavy atom. The predicted molar refractivity (Wildman–Crippen MR) is 73.7 cm³/mol. The Morgan fingerprint density at radius 1 is 1.19 bits per heavy atom. The Morgan fingerprint density at radius 2 is 2.00 bits per heavy atom. The average molecular weight is 282 g/mol. The van der Waals surface area contributed by atoms with Crippen LogP contribution in [0.15, 0.2) is 28.7 Å². The summed E-state index contributed by atoms with van der Waals surface area (Å²) in [5, 5.41) is 3.64. The first kappa shape index (κ1) is 12.0. The molecule has 0 radical (unpaired) electrons. The van der Waals surface area contributed by atoms with E-state index in [4.69, 9.17) is 0 Å². The Balaban J connectivity index is 1.95. The summed E-state index contributed by atoms with van der Waals surface area (Å²) < 4.78 is 1.15. The number of nitrogens with one attached hydrogen (secondary N) is 1. The molecule has 1 aromatic carbocycles. The minimum Gasteiger partial charge on any atom is -0.382 e. The van der Waals surface area contributed by atoms with Crippen molar-refractivity contribution in [2.24, 2.45) is 11.8 Å². The summed E-state index contributed by atoms with van der Waals surface area (Å²) in [4.78, 5) is 0. The topological polar surface area (TPSA) is 12.0 Å². The number of rotatable bonds is 2. The van der Waals surface area contributed by atoms with Crippen LogP contribution in [0.1, 0.15) is 33.1 Å². The van der Waals surface area contributed by atoms with Gasteiger partial charge in [0.1, 0.15) is 0 Å². The zero-order valence-electron chi connectivity index (χ0n) is 10.0. The van der Waals surface area contributed by atoms with Gasteiger partial charge in [-0.2, -0.15) is 0 Å². The number of hydrogen-bond donors (Lipinski definition) is 1. The van der Waals surface area contributed by atoms with E-state index in [-0.39, 0.29) is 0 Å². The van der Waals surface area contributed by atoms with Crippen LogP contribution in [0.4, 0.5) is 5.69 Å². The van der Waals surface area contributed by atoms with Gasteiger partial charge in [-0.15, -0.1) is 0 Å². The molecule has 0 aliphatic heterocycles. The minimum atomic E-state index is 0.653. The highest BCUT2D eigenvalue weighted by molar-refractivity contribution is 9.10. The van der Waals surface area contributed by atoms with Crippen LogP contribution in [0, 0.1) is 11.8 Å². The molecular formula is C14H20BrN. The normalized spacial score (nSPS) is 30.1. The lowest BCUT2D eigenvalue weighted by atomic mass is 9.79. The van der Waals surface area contributed by atoms with E-state index in [0.717, 1.165) is 16.3 Å². The highest BCUT2D eigenvalue weighted by Crippen LogP contribution is 2.31. The molecule has 16 heavy (non-hydrogen) atoms. The van der Waals surface area contributed by atoms with Crippen LogP contribution in [0.25, 0.3) is 0 Å². The van der Waals surface area contributed by atoms with Crippen molar-refractivity contribution in [2.45, 2.75) is 39.2 Å². The van der Waals surface area contributed by atoms with Crippen LogP contribution in [0.3, 0.4) is 0 Å². The molecule has 1 N–H and O–H groups in total. The highest BCUT2D eigenvalue weighted by Gasteiger charge is 2.24. The minimum absolute atomic E-state index is 0.653. The largest absolute Gasteiger partial charge is 0.382 e. The fourth-order valence-corrected chi connectivity index (χ4v) is 2.89. The zero-order chi connectivity index (χ0) is 11.5. The smallest absolute Gasteiger partial charge is 0.0353 e. The van der Waals surface area contributed by atoms with Crippen molar-refractivity contribution in [2.75, 3.05) is 5.32 Å². The maximum atomic E-state index is 3.64. The van der Waals surface area contributed by atoms with Gasteiger partial charge in [0.25, 0.3) is 0 Å². The van der Waals surface area contributed by atoms with Gasteiger partial charge >= 0.3 is 0 Å². The number of anilines is 1. The van der Waals surface area contributed by atoms with E-state index in [9.17, 15) is 0 Å². The molecule has 0 amide bonds. The Labute approximate surface area is 107 Å². The molecule has 1 aliphatic carbocycles. The average Bonchev–Trinajstić information content (AvgIpc) is 2.24. The molecule has 1 nitrogen and oxygen atoms in total. The zero-order valence-corrected chi connectivity index (χ0v) is 11.6. The first-order valence-corrected chi connectivity index (χ1v) is 6.96. The molecular weight excluding hydrogens is 262 g/mol. The third-order valence-electron chi connectivity index (χ3n) is 3.79. The molecule has 1 aromatic rings. The lowest BCUT2D eigenvalue weighted by Gasteiger charge is -2.33. The molecule has 1 fully saturated rings. The first-order chi connectivity index (χ1) is 7.65. The van der Waals surface area contributed by atoms with Crippen molar-refractivity contribution in [1.82, 2.24) is 0 Å². The Kier molecular flexibility index (Phi) is 3.91. The van der Waals surface area contributed by atoms with Crippen LogP contribution in [-0.4, -0.2) is 6.04 Å². The van der Waals surface area contributed by atoms with Gasteiger partial charge in [-0.05, 0) is 49.3 Å². The standard InChI is InChI=1S/C14H20BrN/c1-10-6-7-14(8-11(10)2)16-13-5-3-4-12(15)9-13/h3-5,9-11,14,16H,6-8H2,1-2H3. The van der Waals surface area contributed by atoms with Crippen molar-refractivity contribution in [1.29, 1.82) is 0 Å². The van der Waals surface area contributed by atoms with E-state index in [1.807, 2.05) is 0 Å². The molecule has 1 aliphatic rings. The molecule has 88 valence electrons. The maximum Gasteiger partial charge on any atom is 0.0353 e. The van der Waals surface area contributed by atoms with Gasteiger partial charge < -0.3 is 5.32 Å². The third-order valence-corrected chi connectivity index (χ3v) is 4.29. The van der Waals surface area contributed by atoms with E-state index >= 15 is 0 Å². The lowest BCUT2D eigenvalue weighted by molar-refractivity contribution is 0.261. The van der Waals surface area contributed by atoms with Crippen molar-refractivity contribution in [3.63, 3.8) is 0 Å². The van der Waals surface area contributed by atoms with Crippen LogP contribution in [0.5, 0.6) is 0 Å². The number of halogens is 1. The molecule has 0 heterocycles. The second-order valence-electron chi connectivity index (χ2n) is 5.12. The summed E-state index contributed by atoms with van der Waals surface area (Å²) in [5.74, 6) is 1.74. The van der Waals surface area contributed by atoms with Crippen LogP contribution in [-0.2, 0) is 0 Å². The molecule has 0 aromatic heterocycles. The second kappa shape index (κ2) is 5.22. The monoisotopic (exact) mass is 281 g/mol. The fraction of sp³-hybridized carbons (Fsp3) is 0.571. The van der Waals surface area contributed by atoms with Crippen LogP contribution in [0.2, 0.25) is 0 Å². The van der Waals surface area contributed by atoms with Gasteiger partial charge in [-0.1, -0.05) is 35.8 Å². The molecule has 0 spiro atoms. The van der Waals surface area contributed by atoms with Gasteiger partial charge in [0.2, 0.25) is 0 Å². The first-order valence-electron chi connectivity index (χ1n) is 6.17. The predicted octanol–water partition coefficient (Wildman–Crippen LogP) is 4.69. The fourth-order valence-electron chi connectivity index (χ4n) is 2.49. The van der Waals surface area contributed by atoms with Gasteiger partial charge in [0.15, 0.2) is 0 Å². The van der Waals surface area contributed by atoms with E-state index in [0.29, 0.717) is 6.04 Å². The Bertz CT molecular complexity index is 350. The van der Waals surface area contributed by atoms with Gasteiger partial charge in [0, 0.05) is 16.2 Å². The summed E-state index contributed by atoms with van der Waals surface area (Å²) in [7, 11) is 0. The SMILES string of the molecule is CC1CCC(Nc2cccc(Br)c2)CC1C. The Hall–Kier alpha value is -0.500. The summed E-state index contributed by atoms with van der Waals surface area (Å²) in [6.45, 7) is 4.75. The molecule has 2 heteroatoms. The van der Waals surface area contributed by atoms with Gasteiger partial charge in [-0.3, -0.25) is 0 Å². The highest BCUT2D eigenvalue weighted by atomic mass is 79.9. The van der Waals surface area contributed by atoms with E-state index in [2.05, 4.69) is 59.4 Å². The quantitative estimate of drug-likeness (QED) is 0.830. The summed E-state index contributed by atoms with van der Waals surface area (Å²) in [5.41, 5.74) is 1.24. The maximum absolute atomic E-state index is 3.64. The summed E-state index contributed by atoms with van der Waals surface area (Å²) in [6.07, 6.45) is 3.96. The van der Waals surface area contributed by atoms with E-state index in [1.165, 1.54) is 24.9 Å². The third kappa shape index (κ3) is 3.00. The van der Waals surface area contributed by atoms with Crippen molar-refractivity contribution < 1.29 is 0 Å². The van der Waals surface area contributed by atoms with Crippen LogP contribution >= 0.6 is 15.9 Å². The van der Waals surface area contributed by atoms with Crippen LogP contribution < -0.4 is 5.32 Å². The van der Waals surface area contributed by atoms with Crippen molar-refractivity contribution in [3.8, 4) is 0 Å². The molecule has 3 atom stereocenters. The lowest BCUT2D eigenvalue weighted by Crippen LogP contribution is -2.30. The van der Waals surface area contributed by atoms with Gasteiger partial charge in [0.05, 0.1) is 0 Å². The van der Waals surface area contributed by atoms with Gasteiger partial charge in [-0.25, -0.2) is 0 Å². The number of hydrogen-bond acceptors (Lipinski definition) is 1. The molecule has 0 saturated heterocycles. The summed E-state index contributed by atoms with van der Waals surface area (Å²) >= 11 is 3.51. The molecule has 3 unspecified atom stereocenters. The number of benzene rings is 1. The van der Waals surface area contributed by atoms with Crippen molar-refractivity contribution in [3.05, 3.63) is 28.7 Å². The van der Waals surface area contributed by atoms with E-state index < -0.39 is 0 Å². The molecule has 0 bridgehead atoms. The van der Waals surface area contributed by atoms with E-state index in [1.54, 1.807) is 0 Å². The molecule has 2 rings (SSSR count).